The second-order valence-corrected chi connectivity index (χ2v) is 6.24. The lowest BCUT2D eigenvalue weighted by Gasteiger charge is -2.28. The van der Waals surface area contributed by atoms with Crippen molar-refractivity contribution in [3.05, 3.63) is 70.0 Å². The van der Waals surface area contributed by atoms with Gasteiger partial charge in [0.15, 0.2) is 0 Å². The summed E-state index contributed by atoms with van der Waals surface area (Å²) in [6.45, 7) is 4.08. The van der Waals surface area contributed by atoms with Crippen LogP contribution in [0, 0.1) is 5.82 Å². The molecule has 0 aliphatic carbocycles. The summed E-state index contributed by atoms with van der Waals surface area (Å²) in [6, 6.07) is 11.4. The summed E-state index contributed by atoms with van der Waals surface area (Å²) in [6.07, 6.45) is 0. The average Bonchev–Trinajstić information content (AvgIpc) is 2.47. The SMILES string of the molecule is COCc1cccc(C(=O)NC(C)(C)c2ccc(F)cc2Cl)c1. The number of rotatable bonds is 5. The number of amides is 1. The van der Waals surface area contributed by atoms with E-state index >= 15 is 0 Å². The van der Waals surface area contributed by atoms with Crippen LogP contribution in [0.1, 0.15) is 35.3 Å². The Labute approximate surface area is 140 Å². The Morgan fingerprint density at radius 3 is 2.65 bits per heavy atom. The van der Waals surface area contributed by atoms with E-state index in [4.69, 9.17) is 16.3 Å². The minimum Gasteiger partial charge on any atom is -0.380 e. The molecule has 2 rings (SSSR count). The van der Waals surface area contributed by atoms with E-state index in [1.807, 2.05) is 19.9 Å². The van der Waals surface area contributed by atoms with Gasteiger partial charge in [-0.05, 0) is 49.2 Å². The molecule has 3 nitrogen and oxygen atoms in total. The summed E-state index contributed by atoms with van der Waals surface area (Å²) < 4.78 is 18.3. The Morgan fingerprint density at radius 2 is 2.00 bits per heavy atom. The minimum atomic E-state index is -0.737. The summed E-state index contributed by atoms with van der Waals surface area (Å²) >= 11 is 6.10. The smallest absolute Gasteiger partial charge is 0.251 e. The number of ether oxygens (including phenoxy) is 1. The first kappa shape index (κ1) is 17.4. The molecule has 23 heavy (non-hydrogen) atoms. The van der Waals surface area contributed by atoms with E-state index in [2.05, 4.69) is 5.32 Å². The molecule has 0 unspecified atom stereocenters. The zero-order valence-electron chi connectivity index (χ0n) is 13.3. The van der Waals surface area contributed by atoms with Crippen LogP contribution in [-0.4, -0.2) is 13.0 Å². The molecule has 0 atom stereocenters. The fourth-order valence-electron chi connectivity index (χ4n) is 2.39. The van der Waals surface area contributed by atoms with Gasteiger partial charge < -0.3 is 10.1 Å². The highest BCUT2D eigenvalue weighted by atomic mass is 35.5. The largest absolute Gasteiger partial charge is 0.380 e. The van der Waals surface area contributed by atoms with Gasteiger partial charge in [-0.1, -0.05) is 29.8 Å². The number of nitrogens with one attached hydrogen (secondary N) is 1. The van der Waals surface area contributed by atoms with Crippen LogP contribution in [0.3, 0.4) is 0 Å². The third kappa shape index (κ3) is 4.30. The molecule has 1 N–H and O–H groups in total. The molecule has 0 fully saturated rings. The van der Waals surface area contributed by atoms with Crippen LogP contribution in [0.15, 0.2) is 42.5 Å². The van der Waals surface area contributed by atoms with Crippen LogP contribution in [0.2, 0.25) is 5.02 Å². The van der Waals surface area contributed by atoms with Crippen molar-refractivity contribution in [1.82, 2.24) is 5.32 Å². The van der Waals surface area contributed by atoms with Gasteiger partial charge in [0.2, 0.25) is 0 Å². The number of hydrogen-bond acceptors (Lipinski definition) is 2. The Balaban J connectivity index is 2.22. The zero-order chi connectivity index (χ0) is 17.0. The second-order valence-electron chi connectivity index (χ2n) is 5.84. The maximum Gasteiger partial charge on any atom is 0.251 e. The van der Waals surface area contributed by atoms with Crippen molar-refractivity contribution >= 4 is 17.5 Å². The summed E-state index contributed by atoms with van der Waals surface area (Å²) in [4.78, 5) is 12.5. The summed E-state index contributed by atoms with van der Waals surface area (Å²) in [5, 5.41) is 3.21. The quantitative estimate of drug-likeness (QED) is 0.885. The monoisotopic (exact) mass is 335 g/mol. The lowest BCUT2D eigenvalue weighted by molar-refractivity contribution is 0.0911. The van der Waals surface area contributed by atoms with E-state index in [1.54, 1.807) is 31.4 Å². The molecule has 2 aromatic rings. The van der Waals surface area contributed by atoms with Crippen LogP contribution < -0.4 is 5.32 Å². The van der Waals surface area contributed by atoms with Gasteiger partial charge in [0.25, 0.3) is 5.91 Å². The number of halogens is 2. The highest BCUT2D eigenvalue weighted by molar-refractivity contribution is 6.31. The van der Waals surface area contributed by atoms with Crippen LogP contribution in [0.5, 0.6) is 0 Å². The van der Waals surface area contributed by atoms with E-state index < -0.39 is 11.4 Å². The van der Waals surface area contributed by atoms with Crippen molar-refractivity contribution < 1.29 is 13.9 Å². The van der Waals surface area contributed by atoms with Gasteiger partial charge in [-0.25, -0.2) is 4.39 Å². The topological polar surface area (TPSA) is 38.3 Å². The molecule has 0 spiro atoms. The van der Waals surface area contributed by atoms with Gasteiger partial charge in [-0.3, -0.25) is 4.79 Å². The van der Waals surface area contributed by atoms with Gasteiger partial charge in [-0.2, -0.15) is 0 Å². The van der Waals surface area contributed by atoms with E-state index in [0.717, 1.165) is 5.56 Å². The number of hydrogen-bond donors (Lipinski definition) is 1. The van der Waals surface area contributed by atoms with E-state index in [1.165, 1.54) is 12.1 Å². The molecule has 5 heteroatoms. The standard InChI is InChI=1S/C18H19ClFNO2/c1-18(2,15-8-7-14(20)10-16(15)19)21-17(22)13-6-4-5-12(9-13)11-23-3/h4-10H,11H2,1-3H3,(H,21,22). The highest BCUT2D eigenvalue weighted by Crippen LogP contribution is 2.28. The average molecular weight is 336 g/mol. The van der Waals surface area contributed by atoms with Crippen molar-refractivity contribution in [3.63, 3.8) is 0 Å². The Bertz CT molecular complexity index is 716. The molecule has 0 heterocycles. The first-order valence-corrected chi connectivity index (χ1v) is 7.57. The molecule has 0 saturated carbocycles. The van der Waals surface area contributed by atoms with Crippen molar-refractivity contribution in [3.8, 4) is 0 Å². The maximum atomic E-state index is 13.2. The molecule has 0 aromatic heterocycles. The lowest BCUT2D eigenvalue weighted by Crippen LogP contribution is -2.41. The second kappa shape index (κ2) is 7.11. The van der Waals surface area contributed by atoms with E-state index in [-0.39, 0.29) is 10.9 Å². The third-order valence-corrected chi connectivity index (χ3v) is 3.84. The van der Waals surface area contributed by atoms with Crippen LogP contribution in [0.25, 0.3) is 0 Å². The molecule has 0 aliphatic rings. The summed E-state index contributed by atoms with van der Waals surface area (Å²) in [5.74, 6) is -0.638. The predicted octanol–water partition coefficient (Wildman–Crippen LogP) is 4.29. The van der Waals surface area contributed by atoms with Crippen molar-refractivity contribution in [2.45, 2.75) is 26.0 Å². The number of carbonyl (C=O) groups is 1. The minimum absolute atomic E-state index is 0.228. The van der Waals surface area contributed by atoms with Crippen molar-refractivity contribution in [2.75, 3.05) is 7.11 Å². The van der Waals surface area contributed by atoms with E-state index in [0.29, 0.717) is 17.7 Å². The number of benzene rings is 2. The highest BCUT2D eigenvalue weighted by Gasteiger charge is 2.26. The van der Waals surface area contributed by atoms with Gasteiger partial charge in [0.05, 0.1) is 12.1 Å². The Morgan fingerprint density at radius 1 is 1.26 bits per heavy atom. The number of methoxy groups -OCH3 is 1. The zero-order valence-corrected chi connectivity index (χ0v) is 14.1. The first-order chi connectivity index (χ1) is 10.8. The lowest BCUT2D eigenvalue weighted by atomic mass is 9.93. The molecule has 0 aliphatic heterocycles. The summed E-state index contributed by atoms with van der Waals surface area (Å²) in [7, 11) is 1.60. The maximum absolute atomic E-state index is 13.2. The van der Waals surface area contributed by atoms with Crippen LogP contribution in [-0.2, 0) is 16.9 Å². The van der Waals surface area contributed by atoms with Crippen molar-refractivity contribution in [1.29, 1.82) is 0 Å². The molecule has 2 aromatic carbocycles. The normalized spacial score (nSPS) is 11.3. The fourth-order valence-corrected chi connectivity index (χ4v) is 2.79. The van der Waals surface area contributed by atoms with Gasteiger partial charge >= 0.3 is 0 Å². The molecular weight excluding hydrogens is 317 g/mol. The van der Waals surface area contributed by atoms with Crippen molar-refractivity contribution in [2.24, 2.45) is 0 Å². The Kier molecular flexibility index (Phi) is 5.39. The summed E-state index contributed by atoms with van der Waals surface area (Å²) in [5.41, 5.74) is 1.37. The number of carbonyl (C=O) groups excluding carboxylic acids is 1. The predicted molar refractivity (Wildman–Crippen MR) is 89.1 cm³/mol. The molecule has 0 saturated heterocycles. The Hall–Kier alpha value is -1.91. The fraction of sp³-hybridized carbons (Fsp3) is 0.278. The van der Waals surface area contributed by atoms with Crippen LogP contribution >= 0.6 is 11.6 Å². The van der Waals surface area contributed by atoms with E-state index in [9.17, 15) is 9.18 Å². The molecular formula is C18H19ClFNO2. The van der Waals surface area contributed by atoms with Crippen LogP contribution in [0.4, 0.5) is 4.39 Å². The van der Waals surface area contributed by atoms with Gasteiger partial charge in [0, 0.05) is 17.7 Å². The van der Waals surface area contributed by atoms with Gasteiger partial charge in [-0.15, -0.1) is 0 Å². The molecule has 1 amide bonds. The van der Waals surface area contributed by atoms with Gasteiger partial charge in [0.1, 0.15) is 5.82 Å². The third-order valence-electron chi connectivity index (χ3n) is 3.53. The first-order valence-electron chi connectivity index (χ1n) is 7.19. The molecule has 122 valence electrons. The molecule has 0 radical (unpaired) electrons. The molecule has 0 bridgehead atoms.